The number of amides is 2. The summed E-state index contributed by atoms with van der Waals surface area (Å²) in [6.45, 7) is 15.0. The second-order valence-electron chi connectivity index (χ2n) is 11.9. The molecule has 3 rings (SSSR count). The molecule has 1 aliphatic carbocycles. The van der Waals surface area contributed by atoms with Gasteiger partial charge in [0.05, 0.1) is 32.2 Å². The molecule has 1 aromatic carbocycles. The third-order valence-corrected chi connectivity index (χ3v) is 16.3. The third kappa shape index (κ3) is 7.06. The predicted molar refractivity (Wildman–Crippen MR) is 161 cm³/mol. The maximum atomic E-state index is 13.6. The van der Waals surface area contributed by atoms with Crippen LogP contribution in [0.1, 0.15) is 77.7 Å². The second-order valence-corrected chi connectivity index (χ2v) is 18.3. The molecule has 0 bridgehead atoms. The van der Waals surface area contributed by atoms with Gasteiger partial charge in [0.15, 0.2) is 0 Å². The van der Waals surface area contributed by atoms with E-state index in [-0.39, 0.29) is 30.3 Å². The number of benzene rings is 1. The summed E-state index contributed by atoms with van der Waals surface area (Å²) in [5, 5.41) is 16.2. The van der Waals surface area contributed by atoms with E-state index in [1.54, 1.807) is 0 Å². The molecule has 2 aromatic rings. The maximum absolute atomic E-state index is 13.6. The molecule has 1 aliphatic rings. The van der Waals surface area contributed by atoms with Crippen LogP contribution in [0.15, 0.2) is 24.3 Å². The summed E-state index contributed by atoms with van der Waals surface area (Å²) >= 11 is 6.35. The smallest absolute Gasteiger partial charge is 0.268 e. The number of hydrogen-bond acceptors (Lipinski definition) is 4. The van der Waals surface area contributed by atoms with E-state index in [1.165, 1.54) is 0 Å². The maximum Gasteiger partial charge on any atom is 0.268 e. The third-order valence-electron chi connectivity index (χ3n) is 8.90. The van der Waals surface area contributed by atoms with E-state index < -0.39 is 8.07 Å². The molecule has 0 spiro atoms. The van der Waals surface area contributed by atoms with Gasteiger partial charge in [0.2, 0.25) is 5.91 Å². The molecule has 0 saturated heterocycles. The van der Waals surface area contributed by atoms with Crippen LogP contribution in [-0.2, 0) is 16.1 Å². The number of halogens is 1. The standard InChI is InChI=1S/C30H45ClN4O3Si/c1-20(2)39(21(3)4,22(5)6)19-38-16-15-35-27-18-24(31)12-11-23(27)17-28(35)30(37)34-26-10-8-7-9-25(26)29(36)33-14-13-32/h11-12,17-18,20-22,25-26H,7-10,14-16,19H2,1-6H3,(H,33,36)(H,34,37)/t25-,26+/m1/s1. The van der Waals surface area contributed by atoms with Crippen molar-refractivity contribution in [2.45, 2.75) is 96.4 Å². The number of nitrogens with one attached hydrogen (secondary N) is 2. The first-order chi connectivity index (χ1) is 18.5. The highest BCUT2D eigenvalue weighted by Crippen LogP contribution is 2.41. The molecule has 0 radical (unpaired) electrons. The zero-order chi connectivity index (χ0) is 28.7. The van der Waals surface area contributed by atoms with Gasteiger partial charge in [-0.05, 0) is 47.7 Å². The number of fused-ring (bicyclic) bond motifs is 1. The fourth-order valence-electron chi connectivity index (χ4n) is 6.68. The van der Waals surface area contributed by atoms with Gasteiger partial charge in [-0.25, -0.2) is 0 Å². The van der Waals surface area contributed by atoms with Crippen LogP contribution in [-0.4, -0.2) is 49.9 Å². The Morgan fingerprint density at radius 3 is 2.41 bits per heavy atom. The van der Waals surface area contributed by atoms with E-state index in [0.717, 1.165) is 36.4 Å². The normalized spacial score (nSPS) is 18.1. The summed E-state index contributed by atoms with van der Waals surface area (Å²) in [5.74, 6) is -0.717. The number of carbonyl (C=O) groups excluding carboxylic acids is 2. The molecule has 2 atom stereocenters. The number of nitrogens with zero attached hydrogens (tertiary/aromatic N) is 2. The van der Waals surface area contributed by atoms with E-state index in [9.17, 15) is 9.59 Å². The SMILES string of the molecule is CC(C)[Si](COCCn1c(C(=O)N[C@H]2CCCC[C@H]2C(=O)NCC#N)cc2ccc(Cl)cc21)(C(C)C)C(C)C. The molecule has 39 heavy (non-hydrogen) atoms. The lowest BCUT2D eigenvalue weighted by Gasteiger charge is -2.42. The Balaban J connectivity index is 1.81. The molecule has 1 aromatic heterocycles. The summed E-state index contributed by atoms with van der Waals surface area (Å²) < 4.78 is 8.40. The van der Waals surface area contributed by atoms with Gasteiger partial charge in [-0.15, -0.1) is 0 Å². The number of carbonyl (C=O) groups is 2. The zero-order valence-corrected chi connectivity index (χ0v) is 26.1. The van der Waals surface area contributed by atoms with E-state index >= 15 is 0 Å². The lowest BCUT2D eigenvalue weighted by atomic mass is 9.83. The summed E-state index contributed by atoms with van der Waals surface area (Å²) in [6, 6.07) is 9.23. The van der Waals surface area contributed by atoms with Gasteiger partial charge in [0, 0.05) is 29.2 Å². The van der Waals surface area contributed by atoms with Gasteiger partial charge in [-0.2, -0.15) is 5.26 Å². The molecular formula is C30H45ClN4O3Si. The molecule has 2 amide bonds. The Bertz CT molecular complexity index is 1170. The summed E-state index contributed by atoms with van der Waals surface area (Å²) in [5.41, 5.74) is 3.26. The van der Waals surface area contributed by atoms with Crippen molar-refractivity contribution in [3.8, 4) is 6.07 Å². The minimum atomic E-state index is -1.70. The number of hydrogen-bond donors (Lipinski definition) is 2. The lowest BCUT2D eigenvalue weighted by molar-refractivity contribution is -0.126. The van der Waals surface area contributed by atoms with Gasteiger partial charge in [0.1, 0.15) is 12.2 Å². The van der Waals surface area contributed by atoms with Crippen molar-refractivity contribution in [2.24, 2.45) is 5.92 Å². The van der Waals surface area contributed by atoms with Crippen molar-refractivity contribution in [3.63, 3.8) is 0 Å². The second kappa shape index (κ2) is 13.8. The molecule has 0 aliphatic heterocycles. The van der Waals surface area contributed by atoms with Crippen molar-refractivity contribution >= 4 is 42.4 Å². The topological polar surface area (TPSA) is 96.2 Å². The quantitative estimate of drug-likeness (QED) is 0.173. The van der Waals surface area contributed by atoms with Crippen LogP contribution in [0.3, 0.4) is 0 Å². The number of aromatic nitrogens is 1. The number of ether oxygens (including phenoxy) is 1. The van der Waals surface area contributed by atoms with Crippen LogP contribution >= 0.6 is 11.6 Å². The molecular weight excluding hydrogens is 528 g/mol. The van der Waals surface area contributed by atoms with Gasteiger partial charge < -0.3 is 19.9 Å². The molecule has 7 nitrogen and oxygen atoms in total. The van der Waals surface area contributed by atoms with Gasteiger partial charge in [0.25, 0.3) is 5.91 Å². The van der Waals surface area contributed by atoms with Crippen LogP contribution in [0.2, 0.25) is 21.6 Å². The Kier molecular flexibility index (Phi) is 11.1. The van der Waals surface area contributed by atoms with Gasteiger partial charge in [-0.1, -0.05) is 72.1 Å². The van der Waals surface area contributed by atoms with Crippen LogP contribution in [0.5, 0.6) is 0 Å². The van der Waals surface area contributed by atoms with Crippen molar-refractivity contribution in [1.29, 1.82) is 5.26 Å². The van der Waals surface area contributed by atoms with Crippen LogP contribution in [0.25, 0.3) is 10.9 Å². The fourth-order valence-corrected chi connectivity index (χ4v) is 12.3. The minimum absolute atomic E-state index is 0.0282. The average Bonchev–Trinajstić information content (AvgIpc) is 3.24. The van der Waals surface area contributed by atoms with Crippen molar-refractivity contribution in [2.75, 3.05) is 19.4 Å². The molecule has 0 unspecified atom stereocenters. The highest BCUT2D eigenvalue weighted by Gasteiger charge is 2.43. The molecule has 9 heteroatoms. The van der Waals surface area contributed by atoms with E-state index in [1.807, 2.05) is 34.9 Å². The zero-order valence-electron chi connectivity index (χ0n) is 24.4. The Labute approximate surface area is 239 Å². The average molecular weight is 573 g/mol. The highest BCUT2D eigenvalue weighted by molar-refractivity contribution is 6.83. The number of rotatable bonds is 12. The van der Waals surface area contributed by atoms with Crippen molar-refractivity contribution in [3.05, 3.63) is 35.0 Å². The molecule has 1 fully saturated rings. The number of nitriles is 1. The molecule has 2 N–H and O–H groups in total. The minimum Gasteiger partial charge on any atom is -0.383 e. The van der Waals surface area contributed by atoms with E-state index in [4.69, 9.17) is 21.6 Å². The Morgan fingerprint density at radius 1 is 1.10 bits per heavy atom. The summed E-state index contributed by atoms with van der Waals surface area (Å²) in [4.78, 5) is 26.3. The first-order valence-corrected chi connectivity index (χ1v) is 17.2. The Hall–Kier alpha value is -2.34. The summed E-state index contributed by atoms with van der Waals surface area (Å²) in [7, 11) is -1.70. The van der Waals surface area contributed by atoms with E-state index in [2.05, 4.69) is 52.2 Å². The van der Waals surface area contributed by atoms with Crippen LogP contribution in [0.4, 0.5) is 0 Å². The van der Waals surface area contributed by atoms with Crippen LogP contribution in [0, 0.1) is 17.2 Å². The summed E-state index contributed by atoms with van der Waals surface area (Å²) in [6.07, 6.45) is 4.11. The highest BCUT2D eigenvalue weighted by atomic mass is 35.5. The van der Waals surface area contributed by atoms with E-state index in [0.29, 0.717) is 46.9 Å². The van der Waals surface area contributed by atoms with Gasteiger partial charge >= 0.3 is 0 Å². The lowest BCUT2D eigenvalue weighted by Crippen LogP contribution is -2.49. The first kappa shape index (κ1) is 31.2. The van der Waals surface area contributed by atoms with Crippen LogP contribution < -0.4 is 10.6 Å². The van der Waals surface area contributed by atoms with Crippen molar-refractivity contribution < 1.29 is 14.3 Å². The Morgan fingerprint density at radius 2 is 1.77 bits per heavy atom. The van der Waals surface area contributed by atoms with Crippen molar-refractivity contribution in [1.82, 2.24) is 15.2 Å². The molecule has 1 saturated carbocycles. The van der Waals surface area contributed by atoms with Gasteiger partial charge in [-0.3, -0.25) is 9.59 Å². The molecule has 214 valence electrons. The fraction of sp³-hybridized carbons (Fsp3) is 0.633. The first-order valence-electron chi connectivity index (χ1n) is 14.3. The predicted octanol–water partition coefficient (Wildman–Crippen LogP) is 6.46. The molecule has 1 heterocycles. The monoisotopic (exact) mass is 572 g/mol. The largest absolute Gasteiger partial charge is 0.383 e.